The second-order valence-corrected chi connectivity index (χ2v) is 5.29. The van der Waals surface area contributed by atoms with Crippen molar-refractivity contribution in [1.29, 1.82) is 0 Å². The van der Waals surface area contributed by atoms with Gasteiger partial charge in [-0.3, -0.25) is 4.99 Å². The first-order chi connectivity index (χ1) is 12.3. The van der Waals surface area contributed by atoms with Crippen molar-refractivity contribution in [2.75, 3.05) is 25.5 Å². The van der Waals surface area contributed by atoms with Crippen LogP contribution in [0.2, 0.25) is 0 Å². The summed E-state index contributed by atoms with van der Waals surface area (Å²) in [5, 5.41) is 8.76. The van der Waals surface area contributed by atoms with Crippen LogP contribution >= 0.6 is 0 Å². The fraction of sp³-hybridized carbons (Fsp3) is 0.467. The minimum Gasteiger partial charge on any atom is -0.444 e. The van der Waals surface area contributed by atoms with E-state index >= 15 is 0 Å². The third-order valence-corrected chi connectivity index (χ3v) is 3.35. The van der Waals surface area contributed by atoms with Crippen LogP contribution in [0.25, 0.3) is 0 Å². The maximum absolute atomic E-state index is 12.6. The van der Waals surface area contributed by atoms with E-state index in [1.54, 1.807) is 7.05 Å². The fourth-order valence-electron chi connectivity index (χ4n) is 1.95. The molecule has 0 unspecified atom stereocenters. The molecular weight excluding hydrogens is 351 g/mol. The molecule has 26 heavy (non-hydrogen) atoms. The van der Waals surface area contributed by atoms with Crippen molar-refractivity contribution in [3.8, 4) is 0 Å². The Hall–Kier alpha value is -2.85. The molecular formula is C15H20F3N7O. The number of rotatable bonds is 6. The molecule has 11 heteroatoms. The third-order valence-electron chi connectivity index (χ3n) is 3.35. The zero-order valence-electron chi connectivity index (χ0n) is 14.6. The molecule has 2 aromatic rings. The Morgan fingerprint density at radius 3 is 2.58 bits per heavy atom. The summed E-state index contributed by atoms with van der Waals surface area (Å²) in [5.74, 6) is 1.72. The van der Waals surface area contributed by atoms with Gasteiger partial charge in [0.25, 0.3) is 0 Å². The van der Waals surface area contributed by atoms with Crippen molar-refractivity contribution in [3.05, 3.63) is 35.3 Å². The Kier molecular flexibility index (Phi) is 6.36. The van der Waals surface area contributed by atoms with Crippen LogP contribution in [0, 0.1) is 13.8 Å². The van der Waals surface area contributed by atoms with Crippen molar-refractivity contribution in [2.45, 2.75) is 26.6 Å². The van der Waals surface area contributed by atoms with E-state index in [2.05, 4.69) is 35.9 Å². The summed E-state index contributed by atoms with van der Waals surface area (Å²) in [6.45, 7) is 4.75. The van der Waals surface area contributed by atoms with Gasteiger partial charge < -0.3 is 20.4 Å². The molecule has 0 saturated heterocycles. The normalized spacial score (nSPS) is 12.2. The number of alkyl halides is 3. The average Bonchev–Trinajstić information content (AvgIpc) is 2.92. The van der Waals surface area contributed by atoms with E-state index in [0.29, 0.717) is 31.5 Å². The summed E-state index contributed by atoms with van der Waals surface area (Å²) < 4.78 is 43.2. The van der Waals surface area contributed by atoms with E-state index in [1.807, 2.05) is 13.8 Å². The first kappa shape index (κ1) is 19.5. The van der Waals surface area contributed by atoms with E-state index in [-0.39, 0.29) is 5.95 Å². The van der Waals surface area contributed by atoms with Crippen molar-refractivity contribution in [2.24, 2.45) is 4.99 Å². The molecule has 2 aromatic heterocycles. The van der Waals surface area contributed by atoms with Gasteiger partial charge >= 0.3 is 6.18 Å². The number of aliphatic imine (C=N–C) groups is 1. The van der Waals surface area contributed by atoms with Crippen molar-refractivity contribution in [3.63, 3.8) is 0 Å². The molecule has 0 radical (unpaired) electrons. The van der Waals surface area contributed by atoms with Crippen molar-refractivity contribution in [1.82, 2.24) is 25.6 Å². The standard InChI is InChI=1S/C15H20F3N7O/c1-9-10(2)26-12(24-9)8-23-13(19-3)21-6-7-22-14-20-5-4-11(25-14)15(16,17)18/h4-5H,6-8H2,1-3H3,(H2,19,21,23)(H,20,22,25). The molecule has 2 rings (SSSR count). The van der Waals surface area contributed by atoms with Crippen LogP contribution < -0.4 is 16.0 Å². The predicted molar refractivity (Wildman–Crippen MR) is 89.7 cm³/mol. The molecule has 8 nitrogen and oxygen atoms in total. The Morgan fingerprint density at radius 1 is 1.19 bits per heavy atom. The Labute approximate surface area is 148 Å². The highest BCUT2D eigenvalue weighted by Gasteiger charge is 2.32. The van der Waals surface area contributed by atoms with E-state index in [1.165, 1.54) is 0 Å². The molecule has 3 N–H and O–H groups in total. The molecule has 0 aromatic carbocycles. The van der Waals surface area contributed by atoms with Gasteiger partial charge in [0.1, 0.15) is 11.5 Å². The Balaban J connectivity index is 1.75. The molecule has 2 heterocycles. The summed E-state index contributed by atoms with van der Waals surface area (Å²) in [5.41, 5.74) is -0.160. The smallest absolute Gasteiger partial charge is 0.433 e. The van der Waals surface area contributed by atoms with Gasteiger partial charge in [0.15, 0.2) is 5.96 Å². The van der Waals surface area contributed by atoms with Gasteiger partial charge in [0, 0.05) is 26.3 Å². The van der Waals surface area contributed by atoms with Crippen LogP contribution in [-0.2, 0) is 12.7 Å². The minimum absolute atomic E-state index is 0.0877. The largest absolute Gasteiger partial charge is 0.444 e. The average molecular weight is 371 g/mol. The maximum Gasteiger partial charge on any atom is 0.433 e. The van der Waals surface area contributed by atoms with Crippen LogP contribution in [0.3, 0.4) is 0 Å². The van der Waals surface area contributed by atoms with Crippen molar-refractivity contribution < 1.29 is 17.6 Å². The number of nitrogens with one attached hydrogen (secondary N) is 3. The molecule has 0 aliphatic rings. The van der Waals surface area contributed by atoms with E-state index in [9.17, 15) is 13.2 Å². The molecule has 142 valence electrons. The second-order valence-electron chi connectivity index (χ2n) is 5.29. The second kappa shape index (κ2) is 8.50. The van der Waals surface area contributed by atoms with Gasteiger partial charge in [-0.2, -0.15) is 13.2 Å². The summed E-state index contributed by atoms with van der Waals surface area (Å²) in [7, 11) is 1.60. The Morgan fingerprint density at radius 2 is 1.96 bits per heavy atom. The Bertz CT molecular complexity index is 738. The van der Waals surface area contributed by atoms with Gasteiger partial charge in [-0.25, -0.2) is 15.0 Å². The summed E-state index contributed by atoms with van der Waals surface area (Å²) in [4.78, 5) is 15.5. The van der Waals surface area contributed by atoms with Crippen LogP contribution in [-0.4, -0.2) is 41.0 Å². The highest BCUT2D eigenvalue weighted by Crippen LogP contribution is 2.27. The van der Waals surface area contributed by atoms with Gasteiger partial charge in [-0.1, -0.05) is 0 Å². The van der Waals surface area contributed by atoms with E-state index in [4.69, 9.17) is 4.42 Å². The predicted octanol–water partition coefficient (Wildman–Crippen LogP) is 1.88. The molecule has 0 saturated carbocycles. The quantitative estimate of drug-likeness (QED) is 0.405. The molecule has 0 aliphatic heterocycles. The SMILES string of the molecule is CN=C(NCCNc1nccc(C(F)(F)F)n1)NCc1nc(C)c(C)o1. The van der Waals surface area contributed by atoms with Crippen LogP contribution in [0.1, 0.15) is 23.0 Å². The lowest BCUT2D eigenvalue weighted by Gasteiger charge is -2.12. The van der Waals surface area contributed by atoms with Gasteiger partial charge in [0.2, 0.25) is 11.8 Å². The van der Waals surface area contributed by atoms with Crippen LogP contribution in [0.4, 0.5) is 19.1 Å². The monoisotopic (exact) mass is 371 g/mol. The van der Waals surface area contributed by atoms with Gasteiger partial charge in [-0.05, 0) is 19.9 Å². The van der Waals surface area contributed by atoms with Gasteiger partial charge in [0.05, 0.1) is 12.2 Å². The number of halogens is 3. The topological polar surface area (TPSA) is 100 Å². The highest BCUT2D eigenvalue weighted by molar-refractivity contribution is 5.79. The lowest BCUT2D eigenvalue weighted by atomic mass is 10.4. The molecule has 0 amide bonds. The number of oxazole rings is 1. The van der Waals surface area contributed by atoms with Crippen LogP contribution in [0.15, 0.2) is 21.7 Å². The van der Waals surface area contributed by atoms with Crippen LogP contribution in [0.5, 0.6) is 0 Å². The first-order valence-corrected chi connectivity index (χ1v) is 7.81. The number of anilines is 1. The zero-order chi connectivity index (χ0) is 19.2. The lowest BCUT2D eigenvalue weighted by molar-refractivity contribution is -0.141. The zero-order valence-corrected chi connectivity index (χ0v) is 14.6. The number of aromatic nitrogens is 3. The fourth-order valence-corrected chi connectivity index (χ4v) is 1.95. The number of hydrogen-bond acceptors (Lipinski definition) is 6. The number of aryl methyl sites for hydroxylation is 2. The molecule has 0 atom stereocenters. The number of guanidine groups is 1. The highest BCUT2D eigenvalue weighted by atomic mass is 19.4. The maximum atomic E-state index is 12.6. The number of nitrogens with zero attached hydrogens (tertiary/aromatic N) is 4. The van der Waals surface area contributed by atoms with E-state index in [0.717, 1.165) is 23.7 Å². The summed E-state index contributed by atoms with van der Waals surface area (Å²) in [6, 6.07) is 0.821. The summed E-state index contributed by atoms with van der Waals surface area (Å²) in [6.07, 6.45) is -3.44. The third kappa shape index (κ3) is 5.60. The first-order valence-electron chi connectivity index (χ1n) is 7.81. The van der Waals surface area contributed by atoms with E-state index < -0.39 is 11.9 Å². The van der Waals surface area contributed by atoms with Crippen molar-refractivity contribution >= 4 is 11.9 Å². The lowest BCUT2D eigenvalue weighted by Crippen LogP contribution is -2.39. The number of hydrogen-bond donors (Lipinski definition) is 3. The minimum atomic E-state index is -4.50. The summed E-state index contributed by atoms with van der Waals surface area (Å²) >= 11 is 0. The van der Waals surface area contributed by atoms with Gasteiger partial charge in [-0.15, -0.1) is 0 Å². The molecule has 0 aliphatic carbocycles. The molecule has 0 bridgehead atoms. The molecule has 0 spiro atoms. The molecule has 0 fully saturated rings.